The highest BCUT2D eigenvalue weighted by molar-refractivity contribution is 7.99. The highest BCUT2D eigenvalue weighted by Gasteiger charge is 2.29. The summed E-state index contributed by atoms with van der Waals surface area (Å²) in [4.78, 5) is 7.57. The Labute approximate surface area is 195 Å². The fourth-order valence-corrected chi connectivity index (χ4v) is 6.53. The second-order valence-electron chi connectivity index (χ2n) is 8.82. The first kappa shape index (κ1) is 23.3. The number of thioether (sulfide) groups is 1. The normalized spacial score (nSPS) is 16.2. The second kappa shape index (κ2) is 9.95. The van der Waals surface area contributed by atoms with Gasteiger partial charge in [0.15, 0.2) is 5.16 Å². The van der Waals surface area contributed by atoms with E-state index in [0.717, 1.165) is 40.6 Å². The molecule has 0 unspecified atom stereocenters. The lowest BCUT2D eigenvalue weighted by molar-refractivity contribution is 0.150. The van der Waals surface area contributed by atoms with Crippen molar-refractivity contribution in [2.24, 2.45) is 5.92 Å². The molecule has 3 aromatic rings. The number of rotatable bonds is 8. The largest absolute Gasteiger partial charge is 0.305 e. The van der Waals surface area contributed by atoms with Crippen LogP contribution >= 0.6 is 11.8 Å². The molecular weight excluding hydrogens is 440 g/mol. The third-order valence-corrected chi connectivity index (χ3v) is 8.80. The number of aromatic nitrogens is 2. The van der Waals surface area contributed by atoms with Gasteiger partial charge in [0.05, 0.1) is 22.6 Å². The third kappa shape index (κ3) is 5.20. The van der Waals surface area contributed by atoms with E-state index in [9.17, 15) is 8.42 Å². The van der Waals surface area contributed by atoms with Crippen molar-refractivity contribution in [1.29, 1.82) is 0 Å². The highest BCUT2D eigenvalue weighted by Crippen LogP contribution is 2.26. The summed E-state index contributed by atoms with van der Waals surface area (Å²) in [5, 5.41) is 1.04. The van der Waals surface area contributed by atoms with Crippen LogP contribution in [0, 0.1) is 12.8 Å². The Morgan fingerprint density at radius 3 is 2.38 bits per heavy atom. The Balaban J connectivity index is 1.45. The molecule has 1 fully saturated rings. The van der Waals surface area contributed by atoms with Crippen molar-refractivity contribution in [3.05, 3.63) is 54.1 Å². The van der Waals surface area contributed by atoms with Crippen LogP contribution in [-0.4, -0.2) is 59.1 Å². The molecule has 32 heavy (non-hydrogen) atoms. The third-order valence-electron chi connectivity index (χ3n) is 5.88. The predicted molar refractivity (Wildman–Crippen MR) is 131 cm³/mol. The van der Waals surface area contributed by atoms with E-state index < -0.39 is 10.0 Å². The number of aryl methyl sites for hydroxylation is 1. The number of fused-ring (bicyclic) bond motifs is 1. The van der Waals surface area contributed by atoms with Crippen LogP contribution in [0.25, 0.3) is 11.0 Å². The summed E-state index contributed by atoms with van der Waals surface area (Å²) in [5.41, 5.74) is 3.21. The molecule has 6 nitrogen and oxygen atoms in total. The summed E-state index contributed by atoms with van der Waals surface area (Å²) >= 11 is 1.81. The fraction of sp³-hybridized carbons (Fsp3) is 0.458. The quantitative estimate of drug-likeness (QED) is 0.454. The Morgan fingerprint density at radius 2 is 1.69 bits per heavy atom. The number of piperazine rings is 1. The summed E-state index contributed by atoms with van der Waals surface area (Å²) in [6.45, 7) is 9.58. The molecule has 0 spiro atoms. The molecule has 4 rings (SSSR count). The van der Waals surface area contributed by atoms with E-state index >= 15 is 0 Å². The van der Waals surface area contributed by atoms with Gasteiger partial charge < -0.3 is 4.57 Å². The number of imidazole rings is 1. The number of benzene rings is 2. The maximum absolute atomic E-state index is 13.0. The molecule has 0 aliphatic carbocycles. The molecule has 0 saturated carbocycles. The average molecular weight is 473 g/mol. The van der Waals surface area contributed by atoms with E-state index in [1.807, 2.05) is 36.9 Å². The van der Waals surface area contributed by atoms with Crippen LogP contribution in [0.5, 0.6) is 0 Å². The van der Waals surface area contributed by atoms with Gasteiger partial charge in [-0.05, 0) is 43.5 Å². The van der Waals surface area contributed by atoms with Gasteiger partial charge in [-0.1, -0.05) is 55.4 Å². The maximum Gasteiger partial charge on any atom is 0.243 e. The predicted octanol–water partition coefficient (Wildman–Crippen LogP) is 4.45. The zero-order valence-electron chi connectivity index (χ0n) is 19.1. The van der Waals surface area contributed by atoms with Crippen LogP contribution in [0.15, 0.2) is 58.6 Å². The minimum atomic E-state index is -3.44. The lowest BCUT2D eigenvalue weighted by Gasteiger charge is -2.34. The van der Waals surface area contributed by atoms with Crippen LogP contribution in [-0.2, 0) is 16.7 Å². The van der Waals surface area contributed by atoms with Crippen molar-refractivity contribution in [2.45, 2.75) is 43.9 Å². The van der Waals surface area contributed by atoms with Crippen molar-refractivity contribution in [3.63, 3.8) is 0 Å². The molecule has 172 valence electrons. The summed E-state index contributed by atoms with van der Waals surface area (Å²) in [6.07, 6.45) is 1.16. The molecule has 8 heteroatoms. The number of hydrogen-bond donors (Lipinski definition) is 0. The first-order chi connectivity index (χ1) is 15.3. The second-order valence-corrected chi connectivity index (χ2v) is 11.8. The number of nitrogens with zero attached hydrogens (tertiary/aromatic N) is 4. The molecule has 0 radical (unpaired) electrons. The zero-order valence-corrected chi connectivity index (χ0v) is 20.7. The van der Waals surface area contributed by atoms with E-state index in [1.54, 1.807) is 16.4 Å². The Hall–Kier alpha value is -1.87. The standard InChI is InChI=1S/C24H32N4O2S2/c1-19(2)12-17-31-24-25-22-6-4-5-7-23(22)28(24)18-26-13-15-27(16-14-26)32(29,30)21-10-8-20(3)9-11-21/h4-11,19H,12-18H2,1-3H3. The average Bonchev–Trinajstić information content (AvgIpc) is 3.11. The Bertz CT molecular complexity index is 1150. The summed E-state index contributed by atoms with van der Waals surface area (Å²) < 4.78 is 29.9. The molecule has 1 saturated heterocycles. The molecule has 1 aliphatic rings. The molecule has 0 bridgehead atoms. The van der Waals surface area contributed by atoms with Gasteiger partial charge in [0.1, 0.15) is 0 Å². The molecule has 1 aliphatic heterocycles. The van der Waals surface area contributed by atoms with Gasteiger partial charge in [-0.25, -0.2) is 13.4 Å². The summed E-state index contributed by atoms with van der Waals surface area (Å²) in [5.74, 6) is 1.72. The fourth-order valence-electron chi connectivity index (χ4n) is 3.86. The topological polar surface area (TPSA) is 58.4 Å². The van der Waals surface area contributed by atoms with Gasteiger partial charge >= 0.3 is 0 Å². The van der Waals surface area contributed by atoms with E-state index in [1.165, 1.54) is 0 Å². The molecule has 2 aromatic carbocycles. The molecule has 0 atom stereocenters. The van der Waals surface area contributed by atoms with Crippen molar-refractivity contribution >= 4 is 32.8 Å². The molecule has 2 heterocycles. The van der Waals surface area contributed by atoms with Crippen LogP contribution in [0.4, 0.5) is 0 Å². The minimum Gasteiger partial charge on any atom is -0.305 e. The van der Waals surface area contributed by atoms with Crippen LogP contribution in [0.3, 0.4) is 0 Å². The van der Waals surface area contributed by atoms with Crippen LogP contribution in [0.2, 0.25) is 0 Å². The SMILES string of the molecule is Cc1ccc(S(=O)(=O)N2CCN(Cn3c(SCCC(C)C)nc4ccccc43)CC2)cc1. The van der Waals surface area contributed by atoms with Gasteiger partial charge in [0.2, 0.25) is 10.0 Å². The molecule has 0 N–H and O–H groups in total. The molecule has 1 aromatic heterocycles. The van der Waals surface area contributed by atoms with Crippen molar-refractivity contribution in [1.82, 2.24) is 18.8 Å². The lowest BCUT2D eigenvalue weighted by atomic mass is 10.2. The number of sulfonamides is 1. The number of hydrogen-bond acceptors (Lipinski definition) is 5. The smallest absolute Gasteiger partial charge is 0.243 e. The van der Waals surface area contributed by atoms with Gasteiger partial charge in [-0.15, -0.1) is 0 Å². The van der Waals surface area contributed by atoms with E-state index in [-0.39, 0.29) is 0 Å². The molecule has 0 amide bonds. The maximum atomic E-state index is 13.0. The number of para-hydroxylation sites is 2. The summed E-state index contributed by atoms with van der Waals surface area (Å²) in [7, 11) is -3.44. The van der Waals surface area contributed by atoms with Crippen LogP contribution in [0.1, 0.15) is 25.8 Å². The zero-order chi connectivity index (χ0) is 22.7. The van der Waals surface area contributed by atoms with Gasteiger partial charge in [0, 0.05) is 31.9 Å². The van der Waals surface area contributed by atoms with Crippen molar-refractivity contribution < 1.29 is 8.42 Å². The van der Waals surface area contributed by atoms with Crippen molar-refractivity contribution in [3.8, 4) is 0 Å². The van der Waals surface area contributed by atoms with Gasteiger partial charge in [0.25, 0.3) is 0 Å². The van der Waals surface area contributed by atoms with Gasteiger partial charge in [-0.2, -0.15) is 4.31 Å². The Kier molecular flexibility index (Phi) is 7.24. The minimum absolute atomic E-state index is 0.376. The monoisotopic (exact) mass is 472 g/mol. The summed E-state index contributed by atoms with van der Waals surface area (Å²) in [6, 6.07) is 15.4. The van der Waals surface area contributed by atoms with E-state index in [2.05, 4.69) is 41.5 Å². The van der Waals surface area contributed by atoms with E-state index in [0.29, 0.717) is 37.0 Å². The highest BCUT2D eigenvalue weighted by atomic mass is 32.2. The Morgan fingerprint density at radius 1 is 1.00 bits per heavy atom. The van der Waals surface area contributed by atoms with Crippen LogP contribution < -0.4 is 0 Å². The molecular formula is C24H32N4O2S2. The lowest BCUT2D eigenvalue weighted by Crippen LogP contribution is -2.48. The first-order valence-corrected chi connectivity index (χ1v) is 13.6. The van der Waals surface area contributed by atoms with E-state index in [4.69, 9.17) is 4.98 Å². The van der Waals surface area contributed by atoms with Crippen molar-refractivity contribution in [2.75, 3.05) is 31.9 Å². The van der Waals surface area contributed by atoms with Gasteiger partial charge in [-0.3, -0.25) is 4.90 Å². The first-order valence-electron chi connectivity index (χ1n) is 11.2.